The van der Waals surface area contributed by atoms with Gasteiger partial charge in [0.05, 0.1) is 12.8 Å². The molecule has 1 unspecified atom stereocenters. The third kappa shape index (κ3) is 5.63. The van der Waals surface area contributed by atoms with Crippen molar-refractivity contribution in [1.82, 2.24) is 15.5 Å². The predicted octanol–water partition coefficient (Wildman–Crippen LogP) is 2.11. The van der Waals surface area contributed by atoms with Gasteiger partial charge in [-0.1, -0.05) is 0 Å². The molecule has 136 valence electrons. The summed E-state index contributed by atoms with van der Waals surface area (Å²) in [6, 6.07) is 4.87. The van der Waals surface area contributed by atoms with Crippen LogP contribution in [0.15, 0.2) is 27.8 Å². The number of hydrogen-bond acceptors (Lipinski definition) is 4. The molecule has 1 aliphatic carbocycles. The van der Waals surface area contributed by atoms with Crippen molar-refractivity contribution >= 4 is 29.9 Å². The number of rotatable bonds is 6. The quantitative estimate of drug-likeness (QED) is 0.353. The topological polar surface area (TPSA) is 73.0 Å². The first-order chi connectivity index (χ1) is 11.3. The zero-order chi connectivity index (χ0) is 16.1. The molecule has 24 heavy (non-hydrogen) atoms. The average Bonchev–Trinajstić information content (AvgIpc) is 3.27. The number of piperidine rings is 1. The van der Waals surface area contributed by atoms with Gasteiger partial charge >= 0.3 is 0 Å². The van der Waals surface area contributed by atoms with Crippen molar-refractivity contribution in [2.45, 2.75) is 50.8 Å². The van der Waals surface area contributed by atoms with E-state index in [9.17, 15) is 5.11 Å². The molecule has 3 rings (SSSR count). The number of aliphatic hydroxyl groups is 1. The molecule has 2 aliphatic rings. The maximum atomic E-state index is 10.1. The molecule has 0 aromatic carbocycles. The van der Waals surface area contributed by atoms with Crippen LogP contribution in [0.2, 0.25) is 0 Å². The van der Waals surface area contributed by atoms with Gasteiger partial charge in [-0.05, 0) is 44.7 Å². The number of nitrogens with zero attached hydrogens (tertiary/aromatic N) is 2. The summed E-state index contributed by atoms with van der Waals surface area (Å²) in [5.74, 6) is 1.34. The highest BCUT2D eigenvalue weighted by molar-refractivity contribution is 14.0. The van der Waals surface area contributed by atoms with Crippen molar-refractivity contribution < 1.29 is 9.52 Å². The van der Waals surface area contributed by atoms with Crippen molar-refractivity contribution in [3.05, 3.63) is 24.2 Å². The molecule has 3 N–H and O–H groups in total. The molecule has 6 nitrogen and oxygen atoms in total. The first kappa shape index (κ1) is 19.5. The Morgan fingerprint density at radius 1 is 1.38 bits per heavy atom. The van der Waals surface area contributed by atoms with Gasteiger partial charge in [0.25, 0.3) is 0 Å². The highest BCUT2D eigenvalue weighted by atomic mass is 127. The zero-order valence-corrected chi connectivity index (χ0v) is 16.6. The van der Waals surface area contributed by atoms with E-state index in [1.54, 1.807) is 18.4 Å². The van der Waals surface area contributed by atoms with E-state index in [-0.39, 0.29) is 24.0 Å². The zero-order valence-electron chi connectivity index (χ0n) is 14.3. The molecular weight excluding hydrogens is 419 g/mol. The summed E-state index contributed by atoms with van der Waals surface area (Å²) in [6.45, 7) is 5.51. The minimum Gasteiger partial charge on any atom is -0.467 e. The SMILES string of the molecule is CCNC(=NCC(O)c1ccco1)NC1CCN(C2CC2)CC1.I. The Balaban J connectivity index is 0.00000208. The summed E-state index contributed by atoms with van der Waals surface area (Å²) >= 11 is 0. The van der Waals surface area contributed by atoms with Gasteiger partial charge in [0.1, 0.15) is 11.9 Å². The molecule has 0 radical (unpaired) electrons. The molecule has 1 saturated heterocycles. The highest BCUT2D eigenvalue weighted by Crippen LogP contribution is 2.29. The lowest BCUT2D eigenvalue weighted by atomic mass is 10.1. The fourth-order valence-electron chi connectivity index (χ4n) is 3.11. The van der Waals surface area contributed by atoms with Gasteiger partial charge in [-0.15, -0.1) is 24.0 Å². The average molecular weight is 448 g/mol. The number of halogens is 1. The van der Waals surface area contributed by atoms with E-state index >= 15 is 0 Å². The predicted molar refractivity (Wildman–Crippen MR) is 106 cm³/mol. The Bertz CT molecular complexity index is 497. The monoisotopic (exact) mass is 448 g/mol. The minimum atomic E-state index is -0.697. The van der Waals surface area contributed by atoms with E-state index in [0.717, 1.165) is 31.4 Å². The van der Waals surface area contributed by atoms with E-state index in [4.69, 9.17) is 4.42 Å². The molecule has 0 spiro atoms. The Kier molecular flexibility index (Phi) is 7.83. The number of likely N-dealkylation sites (tertiary alicyclic amines) is 1. The summed E-state index contributed by atoms with van der Waals surface area (Å²) in [4.78, 5) is 7.11. The van der Waals surface area contributed by atoms with Gasteiger partial charge in [0.2, 0.25) is 0 Å². The molecule has 0 bridgehead atoms. The van der Waals surface area contributed by atoms with Crippen LogP contribution in [0.5, 0.6) is 0 Å². The Morgan fingerprint density at radius 3 is 2.71 bits per heavy atom. The molecule has 1 aliphatic heterocycles. The Labute approximate surface area is 161 Å². The van der Waals surface area contributed by atoms with Gasteiger partial charge in [0.15, 0.2) is 5.96 Å². The summed E-state index contributed by atoms with van der Waals surface area (Å²) in [7, 11) is 0. The maximum Gasteiger partial charge on any atom is 0.191 e. The second-order valence-electron chi connectivity index (χ2n) is 6.44. The highest BCUT2D eigenvalue weighted by Gasteiger charge is 2.31. The largest absolute Gasteiger partial charge is 0.467 e. The number of aliphatic hydroxyl groups excluding tert-OH is 1. The minimum absolute atomic E-state index is 0. The van der Waals surface area contributed by atoms with Crippen LogP contribution in [-0.2, 0) is 0 Å². The van der Waals surface area contributed by atoms with Crippen molar-refractivity contribution in [2.24, 2.45) is 4.99 Å². The molecule has 1 saturated carbocycles. The second-order valence-corrected chi connectivity index (χ2v) is 6.44. The molecule has 7 heteroatoms. The lowest BCUT2D eigenvalue weighted by molar-refractivity contribution is 0.158. The van der Waals surface area contributed by atoms with Crippen molar-refractivity contribution in [1.29, 1.82) is 0 Å². The summed E-state index contributed by atoms with van der Waals surface area (Å²) in [6.07, 6.45) is 5.94. The van der Waals surface area contributed by atoms with Crippen molar-refractivity contribution in [3.63, 3.8) is 0 Å². The van der Waals surface area contributed by atoms with E-state index in [1.807, 2.05) is 0 Å². The van der Waals surface area contributed by atoms with Gasteiger partial charge < -0.3 is 25.1 Å². The van der Waals surface area contributed by atoms with Crippen LogP contribution in [-0.4, -0.2) is 54.2 Å². The van der Waals surface area contributed by atoms with Crippen LogP contribution >= 0.6 is 24.0 Å². The third-order valence-electron chi connectivity index (χ3n) is 4.57. The van der Waals surface area contributed by atoms with E-state index < -0.39 is 6.10 Å². The van der Waals surface area contributed by atoms with Gasteiger partial charge in [0, 0.05) is 31.7 Å². The lowest BCUT2D eigenvalue weighted by Crippen LogP contribution is -2.49. The number of hydrogen-bond donors (Lipinski definition) is 3. The molecule has 2 heterocycles. The normalized spacial score (nSPS) is 21.2. The first-order valence-electron chi connectivity index (χ1n) is 8.76. The van der Waals surface area contributed by atoms with Crippen LogP contribution in [0, 0.1) is 0 Å². The molecular formula is C17H29IN4O2. The standard InChI is InChI=1S/C17H28N4O2.HI/c1-2-18-17(19-12-15(22)16-4-3-11-23-16)20-13-7-9-21(10-8-13)14-5-6-14;/h3-4,11,13-15,22H,2,5-10,12H2,1H3,(H2,18,19,20);1H. The fraction of sp³-hybridized carbons (Fsp3) is 0.706. The van der Waals surface area contributed by atoms with Crippen LogP contribution < -0.4 is 10.6 Å². The number of aliphatic imine (C=N–C) groups is 1. The molecule has 0 amide bonds. The van der Waals surface area contributed by atoms with Crippen molar-refractivity contribution in [3.8, 4) is 0 Å². The second kappa shape index (κ2) is 9.62. The molecule has 1 aromatic rings. The number of nitrogens with one attached hydrogen (secondary N) is 2. The van der Waals surface area contributed by atoms with Gasteiger partial charge in [-0.25, -0.2) is 0 Å². The number of guanidine groups is 1. The molecule has 2 fully saturated rings. The fourth-order valence-corrected chi connectivity index (χ4v) is 3.11. The van der Waals surface area contributed by atoms with Crippen molar-refractivity contribution in [2.75, 3.05) is 26.2 Å². The van der Waals surface area contributed by atoms with E-state index in [0.29, 0.717) is 18.3 Å². The molecule has 1 aromatic heterocycles. The van der Waals surface area contributed by atoms with Gasteiger partial charge in [-0.3, -0.25) is 4.99 Å². The third-order valence-corrected chi connectivity index (χ3v) is 4.57. The van der Waals surface area contributed by atoms with Crippen LogP contribution in [0.3, 0.4) is 0 Å². The summed E-state index contributed by atoms with van der Waals surface area (Å²) in [5.41, 5.74) is 0. The number of furan rings is 1. The lowest BCUT2D eigenvalue weighted by Gasteiger charge is -2.33. The van der Waals surface area contributed by atoms with E-state index in [2.05, 4.69) is 27.4 Å². The maximum absolute atomic E-state index is 10.1. The Hall–Kier alpha value is -0.800. The van der Waals surface area contributed by atoms with Crippen LogP contribution in [0.4, 0.5) is 0 Å². The molecule has 1 atom stereocenters. The smallest absolute Gasteiger partial charge is 0.191 e. The van der Waals surface area contributed by atoms with Crippen LogP contribution in [0.25, 0.3) is 0 Å². The van der Waals surface area contributed by atoms with E-state index in [1.165, 1.54) is 25.9 Å². The summed E-state index contributed by atoms with van der Waals surface area (Å²) < 4.78 is 5.21. The first-order valence-corrected chi connectivity index (χ1v) is 8.76. The summed E-state index contributed by atoms with van der Waals surface area (Å²) in [5, 5.41) is 16.8. The Morgan fingerprint density at radius 2 is 2.12 bits per heavy atom. The van der Waals surface area contributed by atoms with Crippen LogP contribution in [0.1, 0.15) is 44.5 Å². The van der Waals surface area contributed by atoms with Gasteiger partial charge in [-0.2, -0.15) is 0 Å².